The fourth-order valence-electron chi connectivity index (χ4n) is 15.1. The van der Waals surface area contributed by atoms with Crippen LogP contribution in [0.25, 0.3) is 0 Å². The van der Waals surface area contributed by atoms with Gasteiger partial charge in [-0.1, -0.05) is 46.3 Å². The molecule has 0 amide bonds. The molecule has 7 aliphatic rings. The van der Waals surface area contributed by atoms with E-state index < -0.39 is 157 Å². The van der Waals surface area contributed by atoms with Crippen LogP contribution in [0.5, 0.6) is 0 Å². The van der Waals surface area contributed by atoms with Crippen molar-refractivity contribution in [2.24, 2.45) is 45.3 Å². The molecule has 0 radical (unpaired) electrons. The first-order chi connectivity index (χ1) is 32.6. The highest BCUT2D eigenvalue weighted by molar-refractivity contribution is 5.65. The lowest BCUT2D eigenvalue weighted by Crippen LogP contribution is -2.71. The second-order valence-corrected chi connectivity index (χ2v) is 23.7. The lowest BCUT2D eigenvalue weighted by atomic mass is 9.34. The van der Waals surface area contributed by atoms with Gasteiger partial charge in [-0.2, -0.15) is 0 Å². The third-order valence-electron chi connectivity index (χ3n) is 19.0. The summed E-state index contributed by atoms with van der Waals surface area (Å²) in [4.78, 5) is 11.7. The molecule has 0 aromatic heterocycles. The fourth-order valence-corrected chi connectivity index (χ4v) is 15.1. The number of ether oxygens (including phenoxy) is 7. The molecule has 3 heterocycles. The molecular formula is C50H84O20. The molecule has 4 saturated carbocycles. The summed E-state index contributed by atoms with van der Waals surface area (Å²) in [5, 5.41) is 133. The maximum absolute atomic E-state index is 12.8. The quantitative estimate of drug-likeness (QED) is 0.0594. The molecule has 70 heavy (non-hydrogen) atoms. The van der Waals surface area contributed by atoms with Crippen LogP contribution in [0.3, 0.4) is 0 Å². The lowest BCUT2D eigenvalue weighted by molar-refractivity contribution is -0.374. The Bertz CT molecular complexity index is 1830. The molecular weight excluding hydrogens is 921 g/mol. The van der Waals surface area contributed by atoms with Gasteiger partial charge in [-0.25, -0.2) is 0 Å². The van der Waals surface area contributed by atoms with Gasteiger partial charge in [-0.05, 0) is 117 Å². The number of allylic oxidation sites excluding steroid dienone is 2. The van der Waals surface area contributed by atoms with Crippen LogP contribution in [0.4, 0.5) is 0 Å². The maximum atomic E-state index is 12.8. The first kappa shape index (κ1) is 56.2. The average Bonchev–Trinajstić information content (AvgIpc) is 3.68. The van der Waals surface area contributed by atoms with Gasteiger partial charge in [0.05, 0.1) is 37.1 Å². The number of fused-ring (bicyclic) bond motifs is 5. The molecule has 0 aromatic carbocycles. The van der Waals surface area contributed by atoms with Crippen LogP contribution in [0.2, 0.25) is 0 Å². The van der Waals surface area contributed by atoms with Gasteiger partial charge >= 0.3 is 5.97 Å². The highest BCUT2D eigenvalue weighted by atomic mass is 16.7. The zero-order chi connectivity index (χ0) is 51.8. The van der Waals surface area contributed by atoms with E-state index in [0.29, 0.717) is 51.4 Å². The number of aliphatic hydroxyl groups excluding tert-OH is 12. The van der Waals surface area contributed by atoms with Crippen LogP contribution in [-0.2, 0) is 38.0 Å². The highest BCUT2D eigenvalue weighted by Crippen LogP contribution is 2.76. The Labute approximate surface area is 410 Å². The third kappa shape index (κ3) is 9.70. The Morgan fingerprint density at radius 3 is 1.87 bits per heavy atom. The summed E-state index contributed by atoms with van der Waals surface area (Å²) < 4.78 is 42.7. The minimum atomic E-state index is -1.83. The summed E-state index contributed by atoms with van der Waals surface area (Å²) in [5.41, 5.74) is -2.53. The number of hydrogen-bond acceptors (Lipinski definition) is 20. The molecule has 0 spiro atoms. The zero-order valence-electron chi connectivity index (χ0n) is 42.2. The van der Waals surface area contributed by atoms with E-state index in [0.717, 1.165) is 5.57 Å². The fraction of sp³-hybridized carbons (Fsp3) is 0.940. The molecule has 20 heteroatoms. The molecule has 404 valence electrons. The van der Waals surface area contributed by atoms with Gasteiger partial charge in [0.2, 0.25) is 0 Å². The van der Waals surface area contributed by atoms with Gasteiger partial charge < -0.3 is 94.4 Å². The van der Waals surface area contributed by atoms with Crippen molar-refractivity contribution < 1.29 is 99.2 Å². The Morgan fingerprint density at radius 1 is 0.686 bits per heavy atom. The average molecular weight is 1010 g/mol. The maximum Gasteiger partial charge on any atom is 0.302 e. The predicted molar refractivity (Wildman–Crippen MR) is 245 cm³/mol. The van der Waals surface area contributed by atoms with Gasteiger partial charge in [0.25, 0.3) is 0 Å². The van der Waals surface area contributed by atoms with Crippen molar-refractivity contribution in [1.29, 1.82) is 0 Å². The largest absolute Gasteiger partial charge is 0.463 e. The summed E-state index contributed by atoms with van der Waals surface area (Å²) in [6, 6.07) is 0. The van der Waals surface area contributed by atoms with E-state index in [4.69, 9.17) is 33.2 Å². The van der Waals surface area contributed by atoms with E-state index >= 15 is 0 Å². The molecule has 26 atom stereocenters. The first-order valence-corrected chi connectivity index (χ1v) is 25.4. The summed E-state index contributed by atoms with van der Waals surface area (Å²) in [5.74, 6) is -1.81. The molecule has 7 rings (SSSR count). The number of carbonyl (C=O) groups excluding carboxylic acids is 1. The van der Waals surface area contributed by atoms with Crippen molar-refractivity contribution in [1.82, 2.24) is 0 Å². The Hall–Kier alpha value is -1.51. The normalized spacial score (nSPS) is 51.0. The minimum Gasteiger partial charge on any atom is -0.463 e. The second-order valence-electron chi connectivity index (χ2n) is 23.7. The summed E-state index contributed by atoms with van der Waals surface area (Å²) >= 11 is 0. The SMILES string of the molecule is CC(=O)OC[C@H]1O[C@@H](O[C@@](C)(CCC=C(C)C)[C@H]2CC[C@]3(C)[C@@H]2[C@H](O)C[C@@H]2[C@@]4(C)CC[C@H](O)C(C)(C)[C@@H]4[C@@H](O[C@@H]4O[C@H](CO)[C@@H](O[C@@H]5O[C@H](CO)[C@@H](O)[C@H](O)[C@H]5O)[C@H](O)[C@H]4O)C[C@]23C)[C@H](O)[C@@H](O)[C@@H]1O. The van der Waals surface area contributed by atoms with E-state index in [2.05, 4.69) is 26.8 Å². The summed E-state index contributed by atoms with van der Waals surface area (Å²) in [6.07, 6.45) is -20.0. The van der Waals surface area contributed by atoms with Gasteiger partial charge in [-0.3, -0.25) is 4.79 Å². The monoisotopic (exact) mass is 1000 g/mol. The minimum absolute atomic E-state index is 0.101. The zero-order valence-corrected chi connectivity index (χ0v) is 42.2. The van der Waals surface area contributed by atoms with Gasteiger partial charge in [-0.15, -0.1) is 0 Å². The van der Waals surface area contributed by atoms with Crippen LogP contribution in [-0.4, -0.2) is 203 Å². The second kappa shape index (κ2) is 20.9. The Morgan fingerprint density at radius 2 is 1.26 bits per heavy atom. The smallest absolute Gasteiger partial charge is 0.302 e. The standard InChI is InChI=1S/C50H84O20/c1-22(2)11-10-14-50(9,70-45-39(62)36(59)34(57)29(68-45)21-64-23(3)53)24-12-16-48(7)32(24)25(54)17-30-47(6)15-13-31(55)46(4,5)42(47)26(18-49(30,48)8)65-43-40(63)37(60)41(28(20-52)67-43)69-44-38(61)35(58)33(56)27(19-51)66-44/h11,24-45,51-52,54-63H,10,12-21H2,1-9H3/t24-,25+,26-,27+,28+,29+,30+,31-,32-,33+,34+,35-,36-,37+,38+,39+,40+,41+,42-,43+,44-,45-,47+,48+,49+,50-/m0/s1. The van der Waals surface area contributed by atoms with Gasteiger partial charge in [0, 0.05) is 6.92 Å². The molecule has 20 nitrogen and oxygen atoms in total. The van der Waals surface area contributed by atoms with Gasteiger partial charge in [0.15, 0.2) is 18.9 Å². The Balaban J connectivity index is 1.21. The molecule has 3 saturated heterocycles. The van der Waals surface area contributed by atoms with Crippen molar-refractivity contribution in [3.05, 3.63) is 11.6 Å². The molecule has 4 aliphatic carbocycles. The van der Waals surface area contributed by atoms with Crippen LogP contribution < -0.4 is 0 Å². The van der Waals surface area contributed by atoms with Crippen LogP contribution in [0, 0.1) is 45.3 Å². The topological polar surface area (TPSA) is 324 Å². The molecule has 7 fully saturated rings. The number of hydrogen-bond donors (Lipinski definition) is 12. The van der Waals surface area contributed by atoms with Crippen molar-refractivity contribution in [3.63, 3.8) is 0 Å². The Kier molecular flexibility index (Phi) is 16.8. The first-order valence-electron chi connectivity index (χ1n) is 25.4. The van der Waals surface area contributed by atoms with E-state index in [9.17, 15) is 66.1 Å². The lowest BCUT2D eigenvalue weighted by Gasteiger charge is -2.72. The van der Waals surface area contributed by atoms with Crippen LogP contribution in [0.15, 0.2) is 11.6 Å². The number of carbonyl (C=O) groups is 1. The predicted octanol–water partition coefficient (Wildman–Crippen LogP) is -0.485. The molecule has 0 bridgehead atoms. The number of esters is 1. The summed E-state index contributed by atoms with van der Waals surface area (Å²) in [7, 11) is 0. The van der Waals surface area contributed by atoms with Crippen LogP contribution >= 0.6 is 0 Å². The molecule has 12 N–H and O–H groups in total. The molecule has 0 aromatic rings. The van der Waals surface area contributed by atoms with E-state index in [1.165, 1.54) is 6.92 Å². The van der Waals surface area contributed by atoms with Crippen molar-refractivity contribution in [3.8, 4) is 0 Å². The number of rotatable bonds is 14. The van der Waals surface area contributed by atoms with E-state index in [1.54, 1.807) is 0 Å². The highest BCUT2D eigenvalue weighted by Gasteiger charge is 2.74. The van der Waals surface area contributed by atoms with E-state index in [1.807, 2.05) is 34.6 Å². The van der Waals surface area contributed by atoms with E-state index in [-0.39, 0.29) is 30.3 Å². The third-order valence-corrected chi connectivity index (χ3v) is 19.0. The molecule has 3 aliphatic heterocycles. The summed E-state index contributed by atoms with van der Waals surface area (Å²) in [6.45, 7) is 15.9. The van der Waals surface area contributed by atoms with Gasteiger partial charge in [0.1, 0.15) is 79.9 Å². The van der Waals surface area contributed by atoms with Crippen molar-refractivity contribution in [2.45, 2.75) is 230 Å². The number of aliphatic hydroxyl groups is 12. The van der Waals surface area contributed by atoms with Crippen LogP contribution in [0.1, 0.15) is 114 Å². The molecule has 0 unspecified atom stereocenters. The van der Waals surface area contributed by atoms with Crippen molar-refractivity contribution in [2.75, 3.05) is 19.8 Å². The van der Waals surface area contributed by atoms with Crippen molar-refractivity contribution >= 4 is 5.97 Å².